The second-order valence-corrected chi connectivity index (χ2v) is 7.43. The fraction of sp³-hybridized carbons (Fsp3) is 0.353. The molecule has 2 heterocycles. The highest BCUT2D eigenvalue weighted by Gasteiger charge is 2.24. The smallest absolute Gasteiger partial charge is 0.256 e. The number of hydrogen-bond donors (Lipinski definition) is 2. The maximum Gasteiger partial charge on any atom is 0.256 e. The Morgan fingerprint density at radius 1 is 1.33 bits per heavy atom. The predicted molar refractivity (Wildman–Crippen MR) is 109 cm³/mol. The second kappa shape index (κ2) is 8.97. The van der Waals surface area contributed by atoms with E-state index in [1.165, 1.54) is 11.8 Å². The summed E-state index contributed by atoms with van der Waals surface area (Å²) in [5.74, 6) is 0.318. The van der Waals surface area contributed by atoms with Crippen molar-refractivity contribution in [2.45, 2.75) is 11.7 Å². The first-order valence-corrected chi connectivity index (χ1v) is 10.2. The van der Waals surface area contributed by atoms with Gasteiger partial charge in [-0.1, -0.05) is 41.0 Å². The summed E-state index contributed by atoms with van der Waals surface area (Å²) >= 11 is 13.6. The molecule has 1 fully saturated rings. The van der Waals surface area contributed by atoms with Crippen LogP contribution in [0.3, 0.4) is 0 Å². The van der Waals surface area contributed by atoms with Gasteiger partial charge in [-0.15, -0.1) is 0 Å². The Morgan fingerprint density at radius 3 is 2.70 bits per heavy atom. The zero-order valence-corrected chi connectivity index (χ0v) is 17.0. The standard InChI is InChI=1S/C17H19Cl2N5O2S/c1-27-17-22-15(21-9-10-2-3-11(18)8-12(10)19)13(14(20)25)16(23-17)24-4-6-26-7-5-24/h2-3,8H,4-7,9H2,1H3,(H2,20,25)(H,21,22,23). The van der Waals surface area contributed by atoms with Gasteiger partial charge in [0.25, 0.3) is 5.91 Å². The Hall–Kier alpha value is -1.74. The molecule has 10 heteroatoms. The highest BCUT2D eigenvalue weighted by atomic mass is 35.5. The van der Waals surface area contributed by atoms with E-state index in [9.17, 15) is 4.79 Å². The third kappa shape index (κ3) is 4.76. The van der Waals surface area contributed by atoms with Crippen molar-refractivity contribution < 1.29 is 9.53 Å². The topological polar surface area (TPSA) is 93.4 Å². The molecule has 0 spiro atoms. The van der Waals surface area contributed by atoms with Gasteiger partial charge < -0.3 is 20.7 Å². The molecule has 144 valence electrons. The van der Waals surface area contributed by atoms with Crippen molar-refractivity contribution in [3.8, 4) is 0 Å². The molecule has 2 aromatic rings. The Morgan fingerprint density at radius 2 is 2.07 bits per heavy atom. The first-order valence-electron chi connectivity index (χ1n) is 8.26. The molecule has 1 aliphatic rings. The van der Waals surface area contributed by atoms with E-state index in [1.54, 1.807) is 12.1 Å². The molecule has 0 aliphatic carbocycles. The van der Waals surface area contributed by atoms with Gasteiger partial charge in [-0.3, -0.25) is 4.79 Å². The molecule has 1 aromatic heterocycles. The van der Waals surface area contributed by atoms with Crippen LogP contribution in [0.25, 0.3) is 0 Å². The minimum atomic E-state index is -0.589. The summed E-state index contributed by atoms with van der Waals surface area (Å²) in [5.41, 5.74) is 6.76. The quantitative estimate of drug-likeness (QED) is 0.540. The lowest BCUT2D eigenvalue weighted by molar-refractivity contribution is 0.0998. The largest absolute Gasteiger partial charge is 0.378 e. The van der Waals surface area contributed by atoms with Gasteiger partial charge in [-0.2, -0.15) is 0 Å². The zero-order valence-electron chi connectivity index (χ0n) is 14.7. The minimum absolute atomic E-state index is 0.264. The number of morpholine rings is 1. The molecule has 3 N–H and O–H groups in total. The number of rotatable bonds is 6. The number of amides is 1. The van der Waals surface area contributed by atoms with Crippen molar-refractivity contribution >= 4 is 52.5 Å². The van der Waals surface area contributed by atoms with Gasteiger partial charge in [0, 0.05) is 29.7 Å². The number of nitrogens with zero attached hydrogens (tertiary/aromatic N) is 3. The number of primary amides is 1. The van der Waals surface area contributed by atoms with Crippen LogP contribution in [0.15, 0.2) is 23.4 Å². The molecule has 0 unspecified atom stereocenters. The summed E-state index contributed by atoms with van der Waals surface area (Å²) in [4.78, 5) is 23.2. The SMILES string of the molecule is CSc1nc(NCc2ccc(Cl)cc2Cl)c(C(N)=O)c(N2CCOCC2)n1. The first kappa shape index (κ1) is 20.0. The van der Waals surface area contributed by atoms with Crippen molar-refractivity contribution in [2.75, 3.05) is 42.8 Å². The second-order valence-electron chi connectivity index (χ2n) is 5.81. The van der Waals surface area contributed by atoms with Gasteiger partial charge in [0.05, 0.1) is 13.2 Å². The third-order valence-corrected chi connectivity index (χ3v) is 5.21. The van der Waals surface area contributed by atoms with Crippen LogP contribution in [-0.4, -0.2) is 48.4 Å². The molecule has 1 aromatic carbocycles. The van der Waals surface area contributed by atoms with Crippen LogP contribution in [0, 0.1) is 0 Å². The molecule has 0 atom stereocenters. The van der Waals surface area contributed by atoms with Crippen molar-refractivity contribution in [3.63, 3.8) is 0 Å². The van der Waals surface area contributed by atoms with E-state index in [4.69, 9.17) is 33.7 Å². The van der Waals surface area contributed by atoms with Crippen molar-refractivity contribution in [1.82, 2.24) is 9.97 Å². The van der Waals surface area contributed by atoms with Crippen LogP contribution < -0.4 is 16.0 Å². The number of hydrogen-bond acceptors (Lipinski definition) is 7. The Balaban J connectivity index is 1.95. The molecule has 0 radical (unpaired) electrons. The summed E-state index contributed by atoms with van der Waals surface area (Å²) in [6.07, 6.45) is 1.88. The van der Waals surface area contributed by atoms with Crippen LogP contribution in [-0.2, 0) is 11.3 Å². The molecule has 0 bridgehead atoms. The van der Waals surface area contributed by atoms with Gasteiger partial charge in [0.2, 0.25) is 0 Å². The van der Waals surface area contributed by atoms with E-state index in [2.05, 4.69) is 15.3 Å². The van der Waals surface area contributed by atoms with Gasteiger partial charge in [-0.05, 0) is 24.0 Å². The zero-order chi connectivity index (χ0) is 19.4. The number of carbonyl (C=O) groups excluding carboxylic acids is 1. The molecular weight excluding hydrogens is 409 g/mol. The lowest BCUT2D eigenvalue weighted by atomic mass is 10.2. The summed E-state index contributed by atoms with van der Waals surface area (Å²) in [5, 5.41) is 4.81. The lowest BCUT2D eigenvalue weighted by Crippen LogP contribution is -2.38. The van der Waals surface area contributed by atoms with Crippen molar-refractivity contribution in [2.24, 2.45) is 5.73 Å². The molecule has 1 amide bonds. The average Bonchev–Trinajstić information content (AvgIpc) is 2.67. The fourth-order valence-electron chi connectivity index (χ4n) is 2.72. The highest BCUT2D eigenvalue weighted by Crippen LogP contribution is 2.29. The van der Waals surface area contributed by atoms with Crippen LogP contribution in [0.4, 0.5) is 11.6 Å². The Labute approximate surface area is 171 Å². The predicted octanol–water partition coefficient (Wildman–Crippen LogP) is 3.05. The molecule has 1 aliphatic heterocycles. The lowest BCUT2D eigenvalue weighted by Gasteiger charge is -2.29. The van der Waals surface area contributed by atoms with Crippen LogP contribution in [0.5, 0.6) is 0 Å². The number of benzene rings is 1. The van der Waals surface area contributed by atoms with Gasteiger partial charge >= 0.3 is 0 Å². The summed E-state index contributed by atoms with van der Waals surface area (Å²) < 4.78 is 5.39. The Bertz CT molecular complexity index is 846. The van der Waals surface area contributed by atoms with Crippen molar-refractivity contribution in [3.05, 3.63) is 39.4 Å². The maximum atomic E-state index is 12.2. The van der Waals surface area contributed by atoms with E-state index in [1.807, 2.05) is 17.2 Å². The van der Waals surface area contributed by atoms with Gasteiger partial charge in [0.1, 0.15) is 17.2 Å². The van der Waals surface area contributed by atoms with Gasteiger partial charge in [-0.25, -0.2) is 9.97 Å². The maximum absolute atomic E-state index is 12.2. The summed E-state index contributed by atoms with van der Waals surface area (Å²) in [7, 11) is 0. The normalized spacial score (nSPS) is 14.3. The molecule has 1 saturated heterocycles. The number of thioether (sulfide) groups is 1. The number of anilines is 2. The fourth-order valence-corrected chi connectivity index (χ4v) is 3.56. The third-order valence-electron chi connectivity index (χ3n) is 4.07. The number of halogens is 2. The number of nitrogens with two attached hydrogens (primary N) is 1. The molecule has 3 rings (SSSR count). The van der Waals surface area contributed by atoms with E-state index in [0.29, 0.717) is 59.7 Å². The average molecular weight is 428 g/mol. The number of ether oxygens (including phenoxy) is 1. The molecule has 27 heavy (non-hydrogen) atoms. The first-order chi connectivity index (χ1) is 13.0. The summed E-state index contributed by atoms with van der Waals surface area (Å²) in [6, 6.07) is 5.24. The highest BCUT2D eigenvalue weighted by molar-refractivity contribution is 7.98. The van der Waals surface area contributed by atoms with E-state index in [-0.39, 0.29) is 5.56 Å². The number of aromatic nitrogens is 2. The minimum Gasteiger partial charge on any atom is -0.378 e. The molecular formula is C17H19Cl2N5O2S. The molecule has 7 nitrogen and oxygen atoms in total. The monoisotopic (exact) mass is 427 g/mol. The van der Waals surface area contributed by atoms with E-state index < -0.39 is 5.91 Å². The van der Waals surface area contributed by atoms with Gasteiger partial charge in [0.15, 0.2) is 5.16 Å². The Kier molecular flexibility index (Phi) is 6.64. The van der Waals surface area contributed by atoms with Crippen LogP contribution in [0.1, 0.15) is 15.9 Å². The molecule has 0 saturated carbocycles. The van der Waals surface area contributed by atoms with Crippen molar-refractivity contribution in [1.29, 1.82) is 0 Å². The van der Waals surface area contributed by atoms with E-state index >= 15 is 0 Å². The van der Waals surface area contributed by atoms with Crippen LogP contribution >= 0.6 is 35.0 Å². The number of carbonyl (C=O) groups is 1. The van der Waals surface area contributed by atoms with Crippen LogP contribution in [0.2, 0.25) is 10.0 Å². The summed E-state index contributed by atoms with van der Waals surface area (Å²) in [6.45, 7) is 2.77. The number of nitrogens with one attached hydrogen (secondary N) is 1. The van der Waals surface area contributed by atoms with E-state index in [0.717, 1.165) is 5.56 Å².